The molecule has 5 aromatic rings. The minimum Gasteiger partial charge on any atom is -0.455 e. The van der Waals surface area contributed by atoms with Crippen molar-refractivity contribution < 1.29 is 4.42 Å². The maximum atomic E-state index is 6.24. The maximum Gasteiger partial charge on any atom is 0.143 e. The van der Waals surface area contributed by atoms with Crippen LogP contribution in [0.2, 0.25) is 0 Å². The van der Waals surface area contributed by atoms with E-state index in [0.717, 1.165) is 16.7 Å². The Bertz CT molecular complexity index is 1210. The number of benzene rings is 4. The Balaban J connectivity index is 1.91. The lowest BCUT2D eigenvalue weighted by Crippen LogP contribution is -1.82. The summed E-state index contributed by atoms with van der Waals surface area (Å²) in [6.07, 6.45) is 0. The van der Waals surface area contributed by atoms with E-state index in [0.29, 0.717) is 0 Å². The van der Waals surface area contributed by atoms with Gasteiger partial charge in [-0.2, -0.15) is 0 Å². The van der Waals surface area contributed by atoms with E-state index in [-0.39, 0.29) is 0 Å². The van der Waals surface area contributed by atoms with E-state index in [4.69, 9.17) is 4.42 Å². The van der Waals surface area contributed by atoms with Crippen molar-refractivity contribution in [2.75, 3.05) is 0 Å². The number of hydrogen-bond acceptors (Lipinski definition) is 1. The molecule has 0 aliphatic rings. The lowest BCUT2D eigenvalue weighted by molar-refractivity contribution is 0.670. The molecule has 1 nitrogen and oxygen atoms in total. The first-order chi connectivity index (χ1) is 11.8. The second kappa shape index (κ2) is 4.97. The average molecular weight is 308 g/mol. The van der Waals surface area contributed by atoms with Crippen molar-refractivity contribution in [1.29, 1.82) is 0 Å². The van der Waals surface area contributed by atoms with Gasteiger partial charge in [0, 0.05) is 16.3 Å². The summed E-state index contributed by atoms with van der Waals surface area (Å²) in [5.74, 6) is 0. The second-order valence-corrected chi connectivity index (χ2v) is 6.31. The number of hydrogen-bond donors (Lipinski definition) is 0. The van der Waals surface area contributed by atoms with Gasteiger partial charge in [0.25, 0.3) is 0 Å². The molecule has 4 aromatic carbocycles. The van der Waals surface area contributed by atoms with Gasteiger partial charge >= 0.3 is 0 Å². The van der Waals surface area contributed by atoms with E-state index in [9.17, 15) is 0 Å². The van der Waals surface area contributed by atoms with Crippen molar-refractivity contribution in [3.05, 3.63) is 84.4 Å². The zero-order chi connectivity index (χ0) is 16.1. The molecule has 0 spiro atoms. The highest BCUT2D eigenvalue weighted by Gasteiger charge is 2.13. The predicted octanol–water partition coefficient (Wildman–Crippen LogP) is 6.71. The zero-order valence-corrected chi connectivity index (χ0v) is 13.4. The SMILES string of the molecule is Cc1ccc2oc3c(-c4cccc5ccccc45)cccc3c2c1. The molecule has 0 unspecified atom stereocenters. The molecule has 0 amide bonds. The van der Waals surface area contributed by atoms with Crippen LogP contribution in [0.3, 0.4) is 0 Å². The Hall–Kier alpha value is -3.06. The Morgan fingerprint density at radius 1 is 0.625 bits per heavy atom. The van der Waals surface area contributed by atoms with Crippen molar-refractivity contribution in [3.63, 3.8) is 0 Å². The van der Waals surface area contributed by atoms with Crippen LogP contribution >= 0.6 is 0 Å². The molecule has 0 radical (unpaired) electrons. The van der Waals surface area contributed by atoms with Crippen LogP contribution in [-0.2, 0) is 0 Å². The molecule has 0 atom stereocenters. The van der Waals surface area contributed by atoms with Gasteiger partial charge in [0.2, 0.25) is 0 Å². The highest BCUT2D eigenvalue weighted by atomic mass is 16.3. The van der Waals surface area contributed by atoms with Crippen LogP contribution in [-0.4, -0.2) is 0 Å². The van der Waals surface area contributed by atoms with Gasteiger partial charge in [-0.15, -0.1) is 0 Å². The van der Waals surface area contributed by atoms with Crippen molar-refractivity contribution in [1.82, 2.24) is 0 Å². The van der Waals surface area contributed by atoms with Crippen LogP contribution in [0.1, 0.15) is 5.56 Å². The third kappa shape index (κ3) is 1.88. The van der Waals surface area contributed by atoms with Crippen molar-refractivity contribution in [3.8, 4) is 11.1 Å². The van der Waals surface area contributed by atoms with Gasteiger partial charge in [-0.3, -0.25) is 0 Å². The summed E-state index contributed by atoms with van der Waals surface area (Å²) < 4.78 is 6.24. The molecule has 1 aromatic heterocycles. The molecule has 0 bridgehead atoms. The first kappa shape index (κ1) is 13.4. The summed E-state index contributed by atoms with van der Waals surface area (Å²) in [6, 6.07) is 27.7. The average Bonchev–Trinajstić information content (AvgIpc) is 2.99. The van der Waals surface area contributed by atoms with Crippen LogP contribution in [0.25, 0.3) is 43.8 Å². The summed E-state index contributed by atoms with van der Waals surface area (Å²) in [6.45, 7) is 2.12. The van der Waals surface area contributed by atoms with E-state index in [1.54, 1.807) is 0 Å². The van der Waals surface area contributed by atoms with E-state index in [1.807, 2.05) is 0 Å². The zero-order valence-electron chi connectivity index (χ0n) is 13.4. The topological polar surface area (TPSA) is 13.1 Å². The second-order valence-electron chi connectivity index (χ2n) is 6.31. The minimum atomic E-state index is 0.947. The van der Waals surface area contributed by atoms with Crippen molar-refractivity contribution in [2.24, 2.45) is 0 Å². The summed E-state index contributed by atoms with van der Waals surface area (Å²) in [4.78, 5) is 0. The van der Waals surface area contributed by atoms with Crippen LogP contribution in [0.4, 0.5) is 0 Å². The maximum absolute atomic E-state index is 6.24. The van der Waals surface area contributed by atoms with Gasteiger partial charge in [0.15, 0.2) is 0 Å². The molecule has 0 aliphatic heterocycles. The van der Waals surface area contributed by atoms with Crippen LogP contribution < -0.4 is 0 Å². The van der Waals surface area contributed by atoms with Crippen LogP contribution in [0, 0.1) is 6.92 Å². The third-order valence-corrected chi connectivity index (χ3v) is 4.73. The lowest BCUT2D eigenvalue weighted by atomic mass is 9.96. The molecule has 0 N–H and O–H groups in total. The fourth-order valence-electron chi connectivity index (χ4n) is 3.58. The molecule has 1 heterocycles. The molecule has 0 saturated heterocycles. The van der Waals surface area contributed by atoms with E-state index in [1.165, 1.54) is 32.7 Å². The van der Waals surface area contributed by atoms with Gasteiger partial charge in [0.1, 0.15) is 11.2 Å². The molecular formula is C23H16O. The Labute approximate surface area is 140 Å². The Morgan fingerprint density at radius 3 is 2.33 bits per heavy atom. The number of furan rings is 1. The highest BCUT2D eigenvalue weighted by Crippen LogP contribution is 2.38. The molecule has 24 heavy (non-hydrogen) atoms. The largest absolute Gasteiger partial charge is 0.455 e. The molecule has 0 fully saturated rings. The normalized spacial score (nSPS) is 11.5. The monoisotopic (exact) mass is 308 g/mol. The number of fused-ring (bicyclic) bond motifs is 4. The van der Waals surface area contributed by atoms with E-state index < -0.39 is 0 Å². The molecule has 114 valence electrons. The van der Waals surface area contributed by atoms with Gasteiger partial charge in [-0.25, -0.2) is 0 Å². The van der Waals surface area contributed by atoms with E-state index >= 15 is 0 Å². The first-order valence-corrected chi connectivity index (χ1v) is 8.21. The summed E-state index contributed by atoms with van der Waals surface area (Å²) >= 11 is 0. The molecule has 5 rings (SSSR count). The minimum absolute atomic E-state index is 0.947. The van der Waals surface area contributed by atoms with Crippen LogP contribution in [0.15, 0.2) is 83.3 Å². The van der Waals surface area contributed by atoms with Gasteiger partial charge < -0.3 is 4.42 Å². The molecule has 1 heteroatoms. The summed E-state index contributed by atoms with van der Waals surface area (Å²) in [5.41, 5.74) is 5.53. The number of aryl methyl sites for hydroxylation is 1. The Kier molecular flexibility index (Phi) is 2.77. The van der Waals surface area contributed by atoms with Gasteiger partial charge in [-0.1, -0.05) is 72.3 Å². The summed E-state index contributed by atoms with van der Waals surface area (Å²) in [5, 5.41) is 4.87. The fourth-order valence-corrected chi connectivity index (χ4v) is 3.58. The standard InChI is InChI=1S/C23H16O/c1-15-12-13-22-21(14-15)20-11-5-10-19(23(20)24-22)18-9-4-7-16-6-2-3-8-17(16)18/h2-14H,1H3. The van der Waals surface area contributed by atoms with Crippen molar-refractivity contribution in [2.45, 2.75) is 6.92 Å². The Morgan fingerprint density at radius 2 is 1.38 bits per heavy atom. The smallest absolute Gasteiger partial charge is 0.143 e. The predicted molar refractivity (Wildman–Crippen MR) is 101 cm³/mol. The quantitative estimate of drug-likeness (QED) is 0.335. The lowest BCUT2D eigenvalue weighted by Gasteiger charge is -2.07. The summed E-state index contributed by atoms with van der Waals surface area (Å²) in [7, 11) is 0. The van der Waals surface area contributed by atoms with Gasteiger partial charge in [-0.05, 0) is 35.4 Å². The highest BCUT2D eigenvalue weighted by molar-refractivity contribution is 6.12. The first-order valence-electron chi connectivity index (χ1n) is 8.21. The third-order valence-electron chi connectivity index (χ3n) is 4.73. The van der Waals surface area contributed by atoms with Crippen LogP contribution in [0.5, 0.6) is 0 Å². The van der Waals surface area contributed by atoms with E-state index in [2.05, 4.69) is 85.8 Å². The van der Waals surface area contributed by atoms with Crippen molar-refractivity contribution >= 4 is 32.7 Å². The van der Waals surface area contributed by atoms with Gasteiger partial charge in [0.05, 0.1) is 0 Å². The number of para-hydroxylation sites is 1. The molecule has 0 saturated carbocycles. The number of rotatable bonds is 1. The molecular weight excluding hydrogens is 292 g/mol. The fraction of sp³-hybridized carbons (Fsp3) is 0.0435. The molecule has 0 aliphatic carbocycles.